The van der Waals surface area contributed by atoms with Gasteiger partial charge in [-0.3, -0.25) is 0 Å². The number of ether oxygens (including phenoxy) is 2. The summed E-state index contributed by atoms with van der Waals surface area (Å²) >= 11 is 0. The molecule has 0 aromatic rings. The monoisotopic (exact) mass is 373 g/mol. The minimum atomic E-state index is -1.36. The summed E-state index contributed by atoms with van der Waals surface area (Å²) in [6.07, 6.45) is 1.37. The number of hydrogen-bond acceptors (Lipinski definition) is 5. The summed E-state index contributed by atoms with van der Waals surface area (Å²) in [6, 6.07) is 0. The highest BCUT2D eigenvalue weighted by Crippen LogP contribution is 2.26. The van der Waals surface area contributed by atoms with Crippen molar-refractivity contribution in [2.45, 2.75) is 57.7 Å². The molecule has 0 atom stereocenters. The lowest BCUT2D eigenvalue weighted by atomic mass is 9.94. The summed E-state index contributed by atoms with van der Waals surface area (Å²) in [6.45, 7) is 7.73. The van der Waals surface area contributed by atoms with Crippen molar-refractivity contribution in [1.29, 1.82) is 0 Å². The molecule has 2 aliphatic rings. The molecule has 0 bridgehead atoms. The van der Waals surface area contributed by atoms with E-state index in [1.54, 1.807) is 9.80 Å². The second-order valence-corrected chi connectivity index (χ2v) is 8.33. The van der Waals surface area contributed by atoms with Crippen molar-refractivity contribution in [2.75, 3.05) is 39.3 Å². The number of nitrogens with two attached hydrogens (primary N) is 1. The molecule has 0 aromatic heterocycles. The van der Waals surface area contributed by atoms with Gasteiger partial charge in [-0.2, -0.15) is 0 Å². The van der Waals surface area contributed by atoms with Crippen LogP contribution >= 0.6 is 0 Å². The van der Waals surface area contributed by atoms with Gasteiger partial charge in [0.05, 0.1) is 6.61 Å². The van der Waals surface area contributed by atoms with Crippen LogP contribution in [0.1, 0.15) is 46.5 Å². The molecule has 2 rings (SSSR count). The van der Waals surface area contributed by atoms with Crippen molar-refractivity contribution >= 4 is 12.2 Å². The van der Waals surface area contributed by atoms with Crippen LogP contribution < -0.4 is 5.73 Å². The zero-order valence-corrected chi connectivity index (χ0v) is 16.1. The third kappa shape index (κ3) is 6.00. The Hall–Kier alpha value is -1.57. The first-order chi connectivity index (χ1) is 12.1. The maximum absolute atomic E-state index is 14.1. The van der Waals surface area contributed by atoms with Crippen LogP contribution in [0.5, 0.6) is 0 Å². The van der Waals surface area contributed by atoms with Gasteiger partial charge in [0.15, 0.2) is 0 Å². The molecule has 0 aromatic carbocycles. The third-order valence-corrected chi connectivity index (χ3v) is 4.99. The predicted octanol–water partition coefficient (Wildman–Crippen LogP) is 2.53. The van der Waals surface area contributed by atoms with Crippen molar-refractivity contribution < 1.29 is 23.5 Å². The minimum Gasteiger partial charge on any atom is -0.449 e. The van der Waals surface area contributed by atoms with Crippen LogP contribution in [0.15, 0.2) is 0 Å². The van der Waals surface area contributed by atoms with Crippen LogP contribution in [0, 0.1) is 5.92 Å². The maximum Gasteiger partial charge on any atom is 0.410 e. The predicted molar refractivity (Wildman–Crippen MR) is 95.6 cm³/mol. The van der Waals surface area contributed by atoms with Gasteiger partial charge in [0.1, 0.15) is 11.3 Å². The van der Waals surface area contributed by atoms with Crippen molar-refractivity contribution in [3.63, 3.8) is 0 Å². The number of amides is 2. The molecule has 2 amide bonds. The lowest BCUT2D eigenvalue weighted by Gasteiger charge is -2.36. The van der Waals surface area contributed by atoms with Crippen molar-refractivity contribution in [3.8, 4) is 0 Å². The van der Waals surface area contributed by atoms with Gasteiger partial charge >= 0.3 is 12.2 Å². The molecule has 7 nitrogen and oxygen atoms in total. The number of nitrogens with zero attached hydrogens (tertiary/aromatic N) is 2. The number of likely N-dealkylation sites (tertiary alicyclic amines) is 2. The number of piperidine rings is 2. The zero-order chi connectivity index (χ0) is 19.4. The molecule has 2 N–H and O–H groups in total. The number of hydrogen-bond donors (Lipinski definition) is 1. The van der Waals surface area contributed by atoms with Gasteiger partial charge in [-0.05, 0) is 39.5 Å². The van der Waals surface area contributed by atoms with E-state index in [0.717, 1.165) is 12.8 Å². The molecule has 0 unspecified atom stereocenters. The molecular weight excluding hydrogens is 341 g/mol. The third-order valence-electron chi connectivity index (χ3n) is 4.99. The summed E-state index contributed by atoms with van der Waals surface area (Å²) in [5, 5.41) is 0. The first-order valence-electron chi connectivity index (χ1n) is 9.40. The van der Waals surface area contributed by atoms with Crippen LogP contribution in [0.4, 0.5) is 14.0 Å². The van der Waals surface area contributed by atoms with Gasteiger partial charge < -0.3 is 25.0 Å². The molecule has 8 heteroatoms. The Morgan fingerprint density at radius 2 is 1.62 bits per heavy atom. The standard InChI is InChI=1S/C18H32FN3O4/c1-17(2,3)26-16(24)21-8-4-14(5-9-21)12-25-15(23)22-10-6-18(19,13-20)7-11-22/h14H,4-13,20H2,1-3H3. The van der Waals surface area contributed by atoms with Gasteiger partial charge in [0.25, 0.3) is 0 Å². The summed E-state index contributed by atoms with van der Waals surface area (Å²) in [5.74, 6) is 0.228. The average molecular weight is 373 g/mol. The van der Waals surface area contributed by atoms with E-state index in [4.69, 9.17) is 15.2 Å². The molecule has 150 valence electrons. The molecular formula is C18H32FN3O4. The molecule has 2 fully saturated rings. The Morgan fingerprint density at radius 1 is 1.08 bits per heavy atom. The van der Waals surface area contributed by atoms with Crippen LogP contribution in [-0.2, 0) is 9.47 Å². The van der Waals surface area contributed by atoms with Crippen LogP contribution in [0.3, 0.4) is 0 Å². The number of carbonyl (C=O) groups is 2. The Morgan fingerprint density at radius 3 is 2.12 bits per heavy atom. The lowest BCUT2D eigenvalue weighted by molar-refractivity contribution is 0.0112. The van der Waals surface area contributed by atoms with Crippen molar-refractivity contribution in [3.05, 3.63) is 0 Å². The van der Waals surface area contributed by atoms with E-state index in [-0.39, 0.29) is 31.4 Å². The summed E-state index contributed by atoms with van der Waals surface area (Å²) in [4.78, 5) is 27.4. The van der Waals surface area contributed by atoms with E-state index in [0.29, 0.717) is 32.8 Å². The normalized spacial score (nSPS) is 21.4. The van der Waals surface area contributed by atoms with Gasteiger partial charge in [-0.1, -0.05) is 0 Å². The highest BCUT2D eigenvalue weighted by molar-refractivity contribution is 5.68. The Balaban J connectivity index is 1.67. The average Bonchev–Trinajstić information content (AvgIpc) is 2.59. The van der Waals surface area contributed by atoms with E-state index in [1.165, 1.54) is 0 Å². The smallest absolute Gasteiger partial charge is 0.410 e. The van der Waals surface area contributed by atoms with Crippen molar-refractivity contribution in [2.24, 2.45) is 11.7 Å². The van der Waals surface area contributed by atoms with Crippen LogP contribution in [-0.4, -0.2) is 72.6 Å². The second-order valence-electron chi connectivity index (χ2n) is 8.33. The number of rotatable bonds is 3. The quantitative estimate of drug-likeness (QED) is 0.822. The minimum absolute atomic E-state index is 0.00783. The van der Waals surface area contributed by atoms with Gasteiger partial charge in [-0.15, -0.1) is 0 Å². The van der Waals surface area contributed by atoms with E-state index in [2.05, 4.69) is 0 Å². The molecule has 2 aliphatic heterocycles. The summed E-state index contributed by atoms with van der Waals surface area (Å²) in [5.41, 5.74) is 3.58. The Bertz CT molecular complexity index is 493. The van der Waals surface area contributed by atoms with E-state index >= 15 is 0 Å². The summed E-state index contributed by atoms with van der Waals surface area (Å²) in [7, 11) is 0. The fourth-order valence-corrected chi connectivity index (χ4v) is 3.18. The lowest BCUT2D eigenvalue weighted by Crippen LogP contribution is -2.48. The largest absolute Gasteiger partial charge is 0.449 e. The van der Waals surface area contributed by atoms with E-state index in [9.17, 15) is 14.0 Å². The van der Waals surface area contributed by atoms with Gasteiger partial charge in [0, 0.05) is 45.6 Å². The van der Waals surface area contributed by atoms with E-state index < -0.39 is 17.4 Å². The number of alkyl halides is 1. The first-order valence-corrected chi connectivity index (χ1v) is 9.40. The Labute approximate surface area is 155 Å². The molecule has 0 aliphatic carbocycles. The molecule has 0 spiro atoms. The van der Waals surface area contributed by atoms with Crippen molar-refractivity contribution in [1.82, 2.24) is 9.80 Å². The van der Waals surface area contributed by atoms with Crippen LogP contribution in [0.2, 0.25) is 0 Å². The molecule has 0 saturated carbocycles. The van der Waals surface area contributed by atoms with E-state index in [1.807, 2.05) is 20.8 Å². The van der Waals surface area contributed by atoms with Gasteiger partial charge in [-0.25, -0.2) is 14.0 Å². The SMILES string of the molecule is CC(C)(C)OC(=O)N1CCC(COC(=O)N2CCC(F)(CN)CC2)CC1. The highest BCUT2D eigenvalue weighted by atomic mass is 19.1. The zero-order valence-electron chi connectivity index (χ0n) is 16.1. The Kier molecular flexibility index (Phi) is 6.71. The van der Waals surface area contributed by atoms with Crippen LogP contribution in [0.25, 0.3) is 0 Å². The second kappa shape index (κ2) is 8.41. The number of carbonyl (C=O) groups excluding carboxylic acids is 2. The molecule has 2 saturated heterocycles. The topological polar surface area (TPSA) is 85.1 Å². The highest BCUT2D eigenvalue weighted by Gasteiger charge is 2.35. The summed E-state index contributed by atoms with van der Waals surface area (Å²) < 4.78 is 24.8. The fraction of sp³-hybridized carbons (Fsp3) is 0.889. The maximum atomic E-state index is 14.1. The number of halogens is 1. The first kappa shape index (κ1) is 20.7. The molecule has 2 heterocycles. The molecule has 26 heavy (non-hydrogen) atoms. The fourth-order valence-electron chi connectivity index (χ4n) is 3.18. The van der Waals surface area contributed by atoms with Gasteiger partial charge in [0.2, 0.25) is 0 Å². The molecule has 0 radical (unpaired) electrons.